The van der Waals surface area contributed by atoms with Crippen LogP contribution in [0.2, 0.25) is 0 Å². The zero-order chi connectivity index (χ0) is 32.6. The number of para-hydroxylation sites is 2. The van der Waals surface area contributed by atoms with Crippen LogP contribution < -0.4 is 20.7 Å². The van der Waals surface area contributed by atoms with E-state index in [1.807, 2.05) is 72.8 Å². The van der Waals surface area contributed by atoms with E-state index in [0.29, 0.717) is 35.6 Å². The molecular formula is C36H37N3O7. The first-order valence-corrected chi connectivity index (χ1v) is 14.9. The standard InChI is InChI=1S/C36H37N3O7/c1-44-33(40)23-20-27-13-8-9-16-31(27)38-35(42)32(17-10-24-37-36(43)45-25-26-11-4-2-5-12-26)39-34(41)28-18-21-30(22-19-28)46-29-14-6-3-7-15-29/h2-9,11-16,18-19,21-22,32H,10,17,20,23-25H2,1H3,(H,37,43)(H,38,42)(H,39,41)/t32-/m0/s1. The molecule has 0 saturated heterocycles. The molecule has 4 rings (SSSR count). The van der Waals surface area contributed by atoms with Crippen LogP contribution in [-0.4, -0.2) is 43.6 Å². The zero-order valence-corrected chi connectivity index (χ0v) is 25.6. The first kappa shape index (κ1) is 33.3. The minimum absolute atomic E-state index is 0.137. The summed E-state index contributed by atoms with van der Waals surface area (Å²) in [6.07, 6.45) is 0.556. The number of carbonyl (C=O) groups is 4. The van der Waals surface area contributed by atoms with Crippen molar-refractivity contribution in [1.29, 1.82) is 0 Å². The molecule has 10 nitrogen and oxygen atoms in total. The van der Waals surface area contributed by atoms with Crippen LogP contribution in [0.5, 0.6) is 11.5 Å². The average molecular weight is 624 g/mol. The molecule has 46 heavy (non-hydrogen) atoms. The number of nitrogens with one attached hydrogen (secondary N) is 3. The third kappa shape index (κ3) is 10.8. The first-order valence-electron chi connectivity index (χ1n) is 14.9. The Bertz CT molecular complexity index is 1580. The van der Waals surface area contributed by atoms with Gasteiger partial charge < -0.3 is 30.2 Å². The average Bonchev–Trinajstić information content (AvgIpc) is 3.09. The minimum Gasteiger partial charge on any atom is -0.469 e. The van der Waals surface area contributed by atoms with E-state index in [1.54, 1.807) is 36.4 Å². The molecule has 1 atom stereocenters. The van der Waals surface area contributed by atoms with E-state index in [0.717, 1.165) is 11.1 Å². The SMILES string of the molecule is COC(=O)CCc1ccccc1NC(=O)[C@H](CCCNC(=O)OCc1ccccc1)NC(=O)c1ccc(Oc2ccccc2)cc1. The summed E-state index contributed by atoms with van der Waals surface area (Å²) in [6, 6.07) is 31.4. The molecule has 10 heteroatoms. The Morgan fingerprint density at radius 1 is 0.761 bits per heavy atom. The van der Waals surface area contributed by atoms with Crippen LogP contribution in [0.1, 0.15) is 40.7 Å². The number of carbonyl (C=O) groups excluding carboxylic acids is 4. The number of rotatable bonds is 15. The third-order valence-corrected chi connectivity index (χ3v) is 6.97. The van der Waals surface area contributed by atoms with Gasteiger partial charge in [0.2, 0.25) is 5.91 Å². The summed E-state index contributed by atoms with van der Waals surface area (Å²) >= 11 is 0. The number of hydrogen-bond donors (Lipinski definition) is 3. The van der Waals surface area contributed by atoms with Gasteiger partial charge in [0.05, 0.1) is 7.11 Å². The number of ether oxygens (including phenoxy) is 3. The van der Waals surface area contributed by atoms with E-state index in [2.05, 4.69) is 16.0 Å². The van der Waals surface area contributed by atoms with Crippen molar-refractivity contribution in [2.75, 3.05) is 19.0 Å². The lowest BCUT2D eigenvalue weighted by Crippen LogP contribution is -2.44. The van der Waals surface area contributed by atoms with Crippen LogP contribution in [0, 0.1) is 0 Å². The van der Waals surface area contributed by atoms with E-state index in [-0.39, 0.29) is 32.0 Å². The second-order valence-electron chi connectivity index (χ2n) is 10.3. The molecule has 0 radical (unpaired) electrons. The summed E-state index contributed by atoms with van der Waals surface area (Å²) in [7, 11) is 1.32. The van der Waals surface area contributed by atoms with Gasteiger partial charge in [0.1, 0.15) is 24.1 Å². The number of aryl methyl sites for hydroxylation is 1. The van der Waals surface area contributed by atoms with Gasteiger partial charge in [-0.15, -0.1) is 0 Å². The van der Waals surface area contributed by atoms with E-state index < -0.39 is 23.9 Å². The van der Waals surface area contributed by atoms with Crippen molar-refractivity contribution in [3.05, 3.63) is 126 Å². The predicted molar refractivity (Wildman–Crippen MR) is 173 cm³/mol. The van der Waals surface area contributed by atoms with E-state index >= 15 is 0 Å². The number of hydrogen-bond acceptors (Lipinski definition) is 7. The van der Waals surface area contributed by atoms with Gasteiger partial charge in [0.25, 0.3) is 5.91 Å². The summed E-state index contributed by atoms with van der Waals surface area (Å²) in [6.45, 7) is 0.368. The van der Waals surface area contributed by atoms with Gasteiger partial charge in [-0.05, 0) is 72.9 Å². The lowest BCUT2D eigenvalue weighted by molar-refractivity contribution is -0.140. The Balaban J connectivity index is 1.38. The van der Waals surface area contributed by atoms with Gasteiger partial charge in [-0.1, -0.05) is 66.7 Å². The summed E-state index contributed by atoms with van der Waals surface area (Å²) in [5.41, 5.74) is 2.49. The molecule has 0 bridgehead atoms. The molecule has 0 fully saturated rings. The maximum Gasteiger partial charge on any atom is 0.407 e. The lowest BCUT2D eigenvalue weighted by atomic mass is 10.1. The van der Waals surface area contributed by atoms with Crippen LogP contribution in [0.3, 0.4) is 0 Å². The molecule has 0 heterocycles. The minimum atomic E-state index is -0.927. The summed E-state index contributed by atoms with van der Waals surface area (Å²) in [5.74, 6) is -0.0110. The Labute approximate surface area is 268 Å². The van der Waals surface area contributed by atoms with E-state index in [1.165, 1.54) is 7.11 Å². The van der Waals surface area contributed by atoms with Crippen LogP contribution in [-0.2, 0) is 32.1 Å². The molecule has 0 aromatic heterocycles. The van der Waals surface area contributed by atoms with Crippen molar-refractivity contribution >= 4 is 29.6 Å². The maximum absolute atomic E-state index is 13.5. The zero-order valence-electron chi connectivity index (χ0n) is 25.6. The molecule has 0 unspecified atom stereocenters. The fourth-order valence-electron chi connectivity index (χ4n) is 4.50. The summed E-state index contributed by atoms with van der Waals surface area (Å²) in [4.78, 5) is 50.7. The Morgan fingerprint density at radius 2 is 1.41 bits per heavy atom. The summed E-state index contributed by atoms with van der Waals surface area (Å²) < 4.78 is 15.8. The Hall–Kier alpha value is -5.64. The number of anilines is 1. The number of esters is 1. The molecule has 0 aliphatic carbocycles. The second kappa shape index (κ2) is 17.6. The van der Waals surface area contributed by atoms with Crippen molar-refractivity contribution < 1.29 is 33.4 Å². The quantitative estimate of drug-likeness (QED) is 0.109. The van der Waals surface area contributed by atoms with E-state index in [9.17, 15) is 19.2 Å². The van der Waals surface area contributed by atoms with E-state index in [4.69, 9.17) is 14.2 Å². The van der Waals surface area contributed by atoms with Gasteiger partial charge in [0, 0.05) is 24.2 Å². The van der Waals surface area contributed by atoms with Crippen LogP contribution >= 0.6 is 0 Å². The predicted octanol–water partition coefficient (Wildman–Crippen LogP) is 6.03. The topological polar surface area (TPSA) is 132 Å². The molecule has 0 aliphatic heterocycles. The van der Waals surface area contributed by atoms with Crippen molar-refractivity contribution in [2.24, 2.45) is 0 Å². The third-order valence-electron chi connectivity index (χ3n) is 6.97. The van der Waals surface area contributed by atoms with Crippen LogP contribution in [0.25, 0.3) is 0 Å². The van der Waals surface area contributed by atoms with Gasteiger partial charge in [0.15, 0.2) is 0 Å². The van der Waals surface area contributed by atoms with Crippen molar-refractivity contribution in [3.8, 4) is 11.5 Å². The molecule has 0 saturated carbocycles. The Kier molecular flexibility index (Phi) is 12.7. The van der Waals surface area contributed by atoms with Crippen molar-refractivity contribution in [2.45, 2.75) is 38.3 Å². The normalized spacial score (nSPS) is 11.1. The van der Waals surface area contributed by atoms with Gasteiger partial charge in [-0.25, -0.2) is 4.79 Å². The molecule has 238 valence electrons. The van der Waals surface area contributed by atoms with Gasteiger partial charge in [-0.3, -0.25) is 14.4 Å². The van der Waals surface area contributed by atoms with Crippen molar-refractivity contribution in [3.63, 3.8) is 0 Å². The smallest absolute Gasteiger partial charge is 0.407 e. The number of alkyl carbamates (subject to hydrolysis) is 1. The van der Waals surface area contributed by atoms with Crippen molar-refractivity contribution in [1.82, 2.24) is 10.6 Å². The number of benzene rings is 4. The second-order valence-corrected chi connectivity index (χ2v) is 10.3. The maximum atomic E-state index is 13.5. The van der Waals surface area contributed by atoms with Crippen LogP contribution in [0.4, 0.5) is 10.5 Å². The number of amides is 3. The first-order chi connectivity index (χ1) is 22.4. The highest BCUT2D eigenvalue weighted by Crippen LogP contribution is 2.22. The molecule has 4 aromatic rings. The molecule has 0 aliphatic rings. The van der Waals surface area contributed by atoms with Gasteiger partial charge in [-0.2, -0.15) is 0 Å². The highest BCUT2D eigenvalue weighted by molar-refractivity contribution is 6.01. The molecular weight excluding hydrogens is 586 g/mol. The van der Waals surface area contributed by atoms with Gasteiger partial charge >= 0.3 is 12.1 Å². The monoisotopic (exact) mass is 623 g/mol. The Morgan fingerprint density at radius 3 is 2.13 bits per heavy atom. The fourth-order valence-corrected chi connectivity index (χ4v) is 4.50. The number of methoxy groups -OCH3 is 1. The lowest BCUT2D eigenvalue weighted by Gasteiger charge is -2.20. The molecule has 3 N–H and O–H groups in total. The largest absolute Gasteiger partial charge is 0.469 e. The van der Waals surface area contributed by atoms with Crippen LogP contribution in [0.15, 0.2) is 109 Å². The molecule has 0 spiro atoms. The summed E-state index contributed by atoms with van der Waals surface area (Å²) in [5, 5.41) is 8.41. The highest BCUT2D eigenvalue weighted by Gasteiger charge is 2.22. The fraction of sp³-hybridized carbons (Fsp3) is 0.222. The molecule has 4 aromatic carbocycles. The highest BCUT2D eigenvalue weighted by atomic mass is 16.5. The molecule has 3 amide bonds.